The minimum atomic E-state index is -0.170. The molecular formula is C16H10N2O2. The second-order valence-electron chi connectivity index (χ2n) is 4.86. The van der Waals surface area contributed by atoms with Crippen LogP contribution in [0.2, 0.25) is 0 Å². The van der Waals surface area contributed by atoms with E-state index in [9.17, 15) is 9.59 Å². The van der Waals surface area contributed by atoms with Gasteiger partial charge in [-0.2, -0.15) is 0 Å². The standard InChI is InChI=1S/C16H10N2O2/c1-9-11-6-2-3-8-18(11)14-12(9)16(20)13-10(15(14)19)5-4-7-17-13/h2-8H,1H3. The topological polar surface area (TPSA) is 51.4 Å². The van der Waals surface area contributed by atoms with E-state index in [2.05, 4.69) is 4.98 Å². The summed E-state index contributed by atoms with van der Waals surface area (Å²) in [5.41, 5.74) is 3.27. The van der Waals surface area contributed by atoms with Crippen molar-refractivity contribution in [1.82, 2.24) is 9.38 Å². The van der Waals surface area contributed by atoms with Gasteiger partial charge in [-0.05, 0) is 36.8 Å². The van der Waals surface area contributed by atoms with Crippen LogP contribution in [0.5, 0.6) is 0 Å². The zero-order chi connectivity index (χ0) is 13.9. The van der Waals surface area contributed by atoms with Crippen molar-refractivity contribution in [1.29, 1.82) is 0 Å². The maximum absolute atomic E-state index is 12.7. The molecule has 3 aromatic heterocycles. The van der Waals surface area contributed by atoms with Crippen LogP contribution in [-0.2, 0) is 0 Å². The molecule has 0 atom stereocenters. The molecule has 0 N–H and O–H groups in total. The van der Waals surface area contributed by atoms with Crippen molar-refractivity contribution in [2.45, 2.75) is 6.92 Å². The van der Waals surface area contributed by atoms with E-state index in [0.29, 0.717) is 16.8 Å². The zero-order valence-electron chi connectivity index (χ0n) is 10.8. The van der Waals surface area contributed by atoms with Crippen molar-refractivity contribution in [2.24, 2.45) is 0 Å². The molecule has 4 rings (SSSR count). The molecule has 0 fully saturated rings. The molecule has 96 valence electrons. The van der Waals surface area contributed by atoms with Crippen LogP contribution in [0.25, 0.3) is 5.52 Å². The quantitative estimate of drug-likeness (QED) is 0.489. The predicted octanol–water partition coefficient (Wildman–Crippen LogP) is 2.42. The molecule has 0 radical (unpaired) electrons. The molecule has 3 heterocycles. The van der Waals surface area contributed by atoms with Crippen molar-refractivity contribution < 1.29 is 9.59 Å². The maximum Gasteiger partial charge on any atom is 0.214 e. The molecule has 0 bridgehead atoms. The van der Waals surface area contributed by atoms with Gasteiger partial charge in [0.05, 0.1) is 11.1 Å². The van der Waals surface area contributed by atoms with E-state index in [4.69, 9.17) is 0 Å². The van der Waals surface area contributed by atoms with Gasteiger partial charge >= 0.3 is 0 Å². The van der Waals surface area contributed by atoms with Gasteiger partial charge in [0.25, 0.3) is 0 Å². The Morgan fingerprint density at radius 1 is 1.05 bits per heavy atom. The number of pyridine rings is 2. The first kappa shape index (κ1) is 11.1. The molecule has 0 saturated heterocycles. The number of aromatic nitrogens is 2. The van der Waals surface area contributed by atoms with Crippen LogP contribution in [0.1, 0.15) is 37.7 Å². The molecule has 1 aliphatic carbocycles. The maximum atomic E-state index is 12.7. The lowest BCUT2D eigenvalue weighted by Gasteiger charge is -2.14. The Hall–Kier alpha value is -2.75. The number of carbonyl (C=O) groups is 2. The van der Waals surface area contributed by atoms with Crippen LogP contribution in [0.15, 0.2) is 42.7 Å². The summed E-state index contributed by atoms with van der Waals surface area (Å²) < 4.78 is 1.79. The summed E-state index contributed by atoms with van der Waals surface area (Å²) in [5.74, 6) is -0.312. The number of hydrogen-bond donors (Lipinski definition) is 0. The van der Waals surface area contributed by atoms with Crippen LogP contribution in [0.4, 0.5) is 0 Å². The highest BCUT2D eigenvalue weighted by Crippen LogP contribution is 2.31. The average Bonchev–Trinajstić information content (AvgIpc) is 2.79. The molecule has 20 heavy (non-hydrogen) atoms. The molecule has 0 aliphatic heterocycles. The fourth-order valence-corrected chi connectivity index (χ4v) is 2.89. The van der Waals surface area contributed by atoms with Crippen molar-refractivity contribution in [3.63, 3.8) is 0 Å². The van der Waals surface area contributed by atoms with Crippen LogP contribution < -0.4 is 0 Å². The first-order valence-electron chi connectivity index (χ1n) is 6.34. The monoisotopic (exact) mass is 262 g/mol. The van der Waals surface area contributed by atoms with Crippen molar-refractivity contribution >= 4 is 17.1 Å². The number of hydrogen-bond acceptors (Lipinski definition) is 3. The Morgan fingerprint density at radius 3 is 2.75 bits per heavy atom. The van der Waals surface area contributed by atoms with E-state index in [1.165, 1.54) is 0 Å². The number of carbonyl (C=O) groups excluding carboxylic acids is 2. The fraction of sp³-hybridized carbons (Fsp3) is 0.0625. The highest BCUT2D eigenvalue weighted by molar-refractivity contribution is 6.28. The SMILES string of the molecule is Cc1c2c(n3ccccc13)C(=O)c1cccnc1C2=O. The third-order valence-corrected chi connectivity index (χ3v) is 3.81. The second-order valence-corrected chi connectivity index (χ2v) is 4.86. The lowest BCUT2D eigenvalue weighted by Crippen LogP contribution is -2.22. The molecule has 3 aromatic rings. The van der Waals surface area contributed by atoms with Crippen molar-refractivity contribution in [3.8, 4) is 0 Å². The molecule has 0 amide bonds. The first-order chi connectivity index (χ1) is 9.70. The first-order valence-corrected chi connectivity index (χ1v) is 6.34. The average molecular weight is 262 g/mol. The summed E-state index contributed by atoms with van der Waals surface area (Å²) in [7, 11) is 0. The number of aryl methyl sites for hydroxylation is 1. The number of fused-ring (bicyclic) bond motifs is 4. The predicted molar refractivity (Wildman–Crippen MR) is 73.2 cm³/mol. The number of nitrogens with zero attached hydrogens (tertiary/aromatic N) is 2. The molecule has 0 spiro atoms. The van der Waals surface area contributed by atoms with Crippen LogP contribution in [-0.4, -0.2) is 21.0 Å². The molecule has 4 heteroatoms. The van der Waals surface area contributed by atoms with Crippen LogP contribution in [0.3, 0.4) is 0 Å². The minimum Gasteiger partial charge on any atom is -0.313 e. The summed E-state index contributed by atoms with van der Waals surface area (Å²) in [4.78, 5) is 29.4. The van der Waals surface area contributed by atoms with E-state index < -0.39 is 0 Å². The summed E-state index contributed by atoms with van der Waals surface area (Å²) in [6.45, 7) is 1.87. The van der Waals surface area contributed by atoms with Gasteiger partial charge < -0.3 is 4.40 Å². The molecule has 1 aliphatic rings. The largest absolute Gasteiger partial charge is 0.313 e. The van der Waals surface area contributed by atoms with Crippen molar-refractivity contribution in [3.05, 3.63) is 70.8 Å². The highest BCUT2D eigenvalue weighted by Gasteiger charge is 2.35. The highest BCUT2D eigenvalue weighted by atomic mass is 16.1. The minimum absolute atomic E-state index is 0.142. The van der Waals surface area contributed by atoms with Gasteiger partial charge in [-0.3, -0.25) is 14.6 Å². The number of rotatable bonds is 0. The van der Waals surface area contributed by atoms with E-state index >= 15 is 0 Å². The second kappa shape index (κ2) is 3.63. The number of ketones is 2. The van der Waals surface area contributed by atoms with Gasteiger partial charge in [0, 0.05) is 17.9 Å². The summed E-state index contributed by atoms with van der Waals surface area (Å²) in [6.07, 6.45) is 3.36. The summed E-state index contributed by atoms with van der Waals surface area (Å²) in [6, 6.07) is 8.99. The summed E-state index contributed by atoms with van der Waals surface area (Å²) >= 11 is 0. The Bertz CT molecular complexity index is 906. The Labute approximate surface area is 114 Å². The normalized spacial score (nSPS) is 13.4. The zero-order valence-corrected chi connectivity index (χ0v) is 10.8. The fourth-order valence-electron chi connectivity index (χ4n) is 2.89. The van der Waals surface area contributed by atoms with Gasteiger partial charge in [0.1, 0.15) is 11.4 Å². The van der Waals surface area contributed by atoms with Crippen LogP contribution in [0, 0.1) is 6.92 Å². The Kier molecular flexibility index (Phi) is 2.02. The lowest BCUT2D eigenvalue weighted by atomic mass is 9.90. The van der Waals surface area contributed by atoms with E-state index in [0.717, 1.165) is 11.1 Å². The molecule has 0 saturated carbocycles. The van der Waals surface area contributed by atoms with Gasteiger partial charge in [-0.25, -0.2) is 0 Å². The summed E-state index contributed by atoms with van der Waals surface area (Å²) in [5, 5.41) is 0. The van der Waals surface area contributed by atoms with E-state index in [-0.39, 0.29) is 17.3 Å². The van der Waals surface area contributed by atoms with Crippen molar-refractivity contribution in [2.75, 3.05) is 0 Å². The van der Waals surface area contributed by atoms with E-state index in [1.807, 2.05) is 31.3 Å². The third kappa shape index (κ3) is 1.18. The molecule has 0 unspecified atom stereocenters. The van der Waals surface area contributed by atoms with Gasteiger partial charge in [-0.1, -0.05) is 6.07 Å². The Balaban J connectivity index is 2.18. The lowest BCUT2D eigenvalue weighted by molar-refractivity contribution is 0.0971. The third-order valence-electron chi connectivity index (χ3n) is 3.81. The van der Waals surface area contributed by atoms with Gasteiger partial charge in [-0.15, -0.1) is 0 Å². The smallest absolute Gasteiger partial charge is 0.214 e. The van der Waals surface area contributed by atoms with Crippen LogP contribution >= 0.6 is 0 Å². The molecule has 4 nitrogen and oxygen atoms in total. The van der Waals surface area contributed by atoms with Gasteiger partial charge in [0.2, 0.25) is 11.6 Å². The van der Waals surface area contributed by atoms with E-state index in [1.54, 1.807) is 22.7 Å². The van der Waals surface area contributed by atoms with Gasteiger partial charge in [0.15, 0.2) is 0 Å². The molecule has 0 aromatic carbocycles. The Morgan fingerprint density at radius 2 is 1.90 bits per heavy atom. The molecular weight excluding hydrogens is 252 g/mol.